The van der Waals surface area contributed by atoms with Crippen LogP contribution in [0.4, 0.5) is 4.79 Å². The molecule has 0 bridgehead atoms. The highest BCUT2D eigenvalue weighted by Gasteiger charge is 2.06. The average Bonchev–Trinajstić information content (AvgIpc) is 2.84. The number of hydrogen-bond donors (Lipinski definition) is 4. The lowest BCUT2D eigenvalue weighted by molar-refractivity contribution is -0.137. The molecule has 1 rings (SSSR count). The molecular weight excluding hydrogens is 242 g/mol. The molecule has 1 heterocycles. The van der Waals surface area contributed by atoms with Crippen LogP contribution in [-0.2, 0) is 16.1 Å². The number of carboxylic acids is 1. The molecule has 0 atom stereocenters. The Labute approximate surface area is 102 Å². The molecule has 3 amide bonds. The van der Waals surface area contributed by atoms with E-state index in [1.165, 1.54) is 12.5 Å². The largest absolute Gasteiger partial charge is 0.480 e. The molecule has 1 aromatic heterocycles. The number of urea groups is 1. The minimum absolute atomic E-state index is 0.277. The summed E-state index contributed by atoms with van der Waals surface area (Å²) in [6, 6.07) is 1.17. The van der Waals surface area contributed by atoms with Gasteiger partial charge in [0.15, 0.2) is 0 Å². The minimum atomic E-state index is -1.15. The number of amides is 3. The van der Waals surface area contributed by atoms with Gasteiger partial charge in [0.25, 0.3) is 0 Å². The van der Waals surface area contributed by atoms with E-state index in [0.29, 0.717) is 0 Å². The molecule has 4 N–H and O–H groups in total. The molecule has 0 radical (unpaired) electrons. The fraction of sp³-hybridized carbons (Fsp3) is 0.300. The lowest BCUT2D eigenvalue weighted by Gasteiger charge is -2.06. The van der Waals surface area contributed by atoms with E-state index in [1.807, 2.05) is 0 Å². The van der Waals surface area contributed by atoms with Crippen LogP contribution in [0.15, 0.2) is 23.0 Å². The first kappa shape index (κ1) is 13.6. The van der Waals surface area contributed by atoms with E-state index in [2.05, 4.69) is 16.0 Å². The van der Waals surface area contributed by atoms with E-state index in [1.54, 1.807) is 6.07 Å². The van der Waals surface area contributed by atoms with Crippen LogP contribution in [0.5, 0.6) is 0 Å². The zero-order valence-corrected chi connectivity index (χ0v) is 9.43. The van der Waals surface area contributed by atoms with Crippen LogP contribution in [0.2, 0.25) is 0 Å². The van der Waals surface area contributed by atoms with Gasteiger partial charge in [-0.15, -0.1) is 0 Å². The lowest BCUT2D eigenvalue weighted by atomic mass is 10.3. The fourth-order valence-electron chi connectivity index (χ4n) is 1.04. The second-order valence-electron chi connectivity index (χ2n) is 3.34. The van der Waals surface area contributed by atoms with Crippen molar-refractivity contribution in [1.29, 1.82) is 0 Å². The summed E-state index contributed by atoms with van der Waals surface area (Å²) >= 11 is 0. The standard InChI is InChI=1S/C10H13N3O5/c14-8(11-5-9(15)16)4-13-10(17)12-3-7-1-2-18-6-7/h1-2,6H,3-5H2,(H,11,14)(H,15,16)(H2,12,13,17). The highest BCUT2D eigenvalue weighted by atomic mass is 16.4. The molecular formula is C10H13N3O5. The van der Waals surface area contributed by atoms with Crippen LogP contribution < -0.4 is 16.0 Å². The van der Waals surface area contributed by atoms with E-state index in [9.17, 15) is 14.4 Å². The molecule has 98 valence electrons. The molecule has 1 aromatic rings. The van der Waals surface area contributed by atoms with Gasteiger partial charge in [0.05, 0.1) is 19.1 Å². The molecule has 0 aliphatic rings. The van der Waals surface area contributed by atoms with Gasteiger partial charge in [-0.1, -0.05) is 0 Å². The maximum Gasteiger partial charge on any atom is 0.322 e. The Morgan fingerprint density at radius 1 is 1.17 bits per heavy atom. The fourth-order valence-corrected chi connectivity index (χ4v) is 1.04. The van der Waals surface area contributed by atoms with Crippen molar-refractivity contribution in [2.45, 2.75) is 6.54 Å². The maximum atomic E-state index is 11.2. The van der Waals surface area contributed by atoms with Gasteiger partial charge in [-0.05, 0) is 6.07 Å². The van der Waals surface area contributed by atoms with Gasteiger partial charge in [0.2, 0.25) is 5.91 Å². The quantitative estimate of drug-likeness (QED) is 0.534. The van der Waals surface area contributed by atoms with Crippen molar-refractivity contribution in [2.24, 2.45) is 0 Å². The summed E-state index contributed by atoms with van der Waals surface area (Å²) < 4.78 is 4.81. The first-order valence-electron chi connectivity index (χ1n) is 5.09. The zero-order chi connectivity index (χ0) is 13.4. The van der Waals surface area contributed by atoms with E-state index < -0.39 is 24.5 Å². The molecule has 0 saturated heterocycles. The van der Waals surface area contributed by atoms with Crippen molar-refractivity contribution in [1.82, 2.24) is 16.0 Å². The Kier molecular flexibility index (Phi) is 5.23. The van der Waals surface area contributed by atoms with Crippen LogP contribution >= 0.6 is 0 Å². The highest BCUT2D eigenvalue weighted by Crippen LogP contribution is 1.97. The normalized spacial score (nSPS) is 9.56. The summed E-state index contributed by atoms with van der Waals surface area (Å²) in [6.45, 7) is -0.485. The van der Waals surface area contributed by atoms with Gasteiger partial charge in [-0.2, -0.15) is 0 Å². The second-order valence-corrected chi connectivity index (χ2v) is 3.34. The summed E-state index contributed by atoms with van der Waals surface area (Å²) in [5, 5.41) is 15.2. The summed E-state index contributed by atoms with van der Waals surface area (Å²) in [7, 11) is 0. The number of carbonyl (C=O) groups is 3. The predicted octanol–water partition coefficient (Wildman–Crippen LogP) is -0.720. The first-order chi connectivity index (χ1) is 8.58. The Bertz CT molecular complexity index is 415. The second kappa shape index (κ2) is 6.94. The molecule has 0 aliphatic carbocycles. The van der Waals surface area contributed by atoms with Gasteiger partial charge in [-0.3, -0.25) is 9.59 Å². The van der Waals surface area contributed by atoms with Crippen molar-refractivity contribution < 1.29 is 23.9 Å². The number of furan rings is 1. The van der Waals surface area contributed by atoms with Crippen molar-refractivity contribution in [3.05, 3.63) is 24.2 Å². The van der Waals surface area contributed by atoms with Gasteiger partial charge in [-0.25, -0.2) is 4.79 Å². The van der Waals surface area contributed by atoms with E-state index >= 15 is 0 Å². The topological polar surface area (TPSA) is 121 Å². The molecule has 8 heteroatoms. The van der Waals surface area contributed by atoms with Crippen LogP contribution in [-0.4, -0.2) is 36.1 Å². The van der Waals surface area contributed by atoms with E-state index in [0.717, 1.165) is 5.56 Å². The van der Waals surface area contributed by atoms with Crippen molar-refractivity contribution in [3.63, 3.8) is 0 Å². The molecule has 0 spiro atoms. The van der Waals surface area contributed by atoms with Gasteiger partial charge in [0, 0.05) is 12.1 Å². The molecule has 8 nitrogen and oxygen atoms in total. The molecule has 0 aliphatic heterocycles. The molecule has 18 heavy (non-hydrogen) atoms. The Balaban J connectivity index is 2.13. The number of hydrogen-bond acceptors (Lipinski definition) is 4. The first-order valence-corrected chi connectivity index (χ1v) is 5.09. The van der Waals surface area contributed by atoms with Crippen LogP contribution in [0.1, 0.15) is 5.56 Å². The Hall–Kier alpha value is -2.51. The number of carbonyl (C=O) groups excluding carboxylic acids is 2. The highest BCUT2D eigenvalue weighted by molar-refractivity contribution is 5.86. The minimum Gasteiger partial charge on any atom is -0.480 e. The number of nitrogens with one attached hydrogen (secondary N) is 3. The third-order valence-electron chi connectivity index (χ3n) is 1.88. The monoisotopic (exact) mass is 255 g/mol. The van der Waals surface area contributed by atoms with Gasteiger partial charge < -0.3 is 25.5 Å². The van der Waals surface area contributed by atoms with Crippen molar-refractivity contribution in [2.75, 3.05) is 13.1 Å². The zero-order valence-electron chi connectivity index (χ0n) is 9.43. The summed E-state index contributed by atoms with van der Waals surface area (Å²) in [5.74, 6) is -1.72. The summed E-state index contributed by atoms with van der Waals surface area (Å²) in [4.78, 5) is 32.4. The summed E-state index contributed by atoms with van der Waals surface area (Å²) in [5.41, 5.74) is 0.792. The smallest absolute Gasteiger partial charge is 0.322 e. The lowest BCUT2D eigenvalue weighted by Crippen LogP contribution is -2.42. The third-order valence-corrected chi connectivity index (χ3v) is 1.88. The summed E-state index contributed by atoms with van der Waals surface area (Å²) in [6.07, 6.45) is 2.97. The average molecular weight is 255 g/mol. The van der Waals surface area contributed by atoms with E-state index in [-0.39, 0.29) is 13.1 Å². The molecule has 0 aromatic carbocycles. The van der Waals surface area contributed by atoms with Crippen LogP contribution in [0, 0.1) is 0 Å². The molecule has 0 saturated carbocycles. The number of aliphatic carboxylic acids is 1. The Morgan fingerprint density at radius 2 is 1.94 bits per heavy atom. The molecule has 0 unspecified atom stereocenters. The number of carboxylic acid groups (broad SMARTS) is 1. The predicted molar refractivity (Wildman–Crippen MR) is 59.6 cm³/mol. The molecule has 0 fully saturated rings. The maximum absolute atomic E-state index is 11.2. The third kappa shape index (κ3) is 5.54. The van der Waals surface area contributed by atoms with Crippen molar-refractivity contribution >= 4 is 17.9 Å². The van der Waals surface area contributed by atoms with E-state index in [4.69, 9.17) is 9.52 Å². The van der Waals surface area contributed by atoms with Gasteiger partial charge in [0.1, 0.15) is 6.54 Å². The van der Waals surface area contributed by atoms with Crippen molar-refractivity contribution in [3.8, 4) is 0 Å². The van der Waals surface area contributed by atoms with Crippen LogP contribution in [0.3, 0.4) is 0 Å². The SMILES string of the molecule is O=C(O)CNC(=O)CNC(=O)NCc1ccoc1. The van der Waals surface area contributed by atoms with Crippen LogP contribution in [0.25, 0.3) is 0 Å². The Morgan fingerprint density at radius 3 is 2.56 bits per heavy atom. The van der Waals surface area contributed by atoms with Gasteiger partial charge >= 0.3 is 12.0 Å². The number of rotatable bonds is 6.